The minimum absolute atomic E-state index is 0.122. The largest absolute Gasteiger partial charge is 0.495 e. The summed E-state index contributed by atoms with van der Waals surface area (Å²) in [5, 5.41) is 1.01. The first-order chi connectivity index (χ1) is 16.9. The van der Waals surface area contributed by atoms with E-state index in [2.05, 4.69) is 0 Å². The van der Waals surface area contributed by atoms with Gasteiger partial charge in [-0.2, -0.15) is 0 Å². The van der Waals surface area contributed by atoms with Crippen molar-refractivity contribution in [1.29, 1.82) is 0 Å². The molecule has 0 aliphatic rings. The van der Waals surface area contributed by atoms with Crippen LogP contribution in [0.5, 0.6) is 23.0 Å². The molecule has 0 saturated carbocycles. The standard InChI is InChI=1S/C28H26Cl2O5/c1-32-25-17-19(7-6-10-24(31)21-8-5-9-22(29)15-21)20(16-23(25)30)12-11-18-13-26(33-2)28(35-4)27(14-18)34-3/h5-6,8-17H,7H2,1-4H3/b10-6-,12-11-. The molecule has 3 aromatic rings. The van der Waals surface area contributed by atoms with E-state index in [9.17, 15) is 4.79 Å². The highest BCUT2D eigenvalue weighted by Gasteiger charge is 2.13. The molecule has 0 aromatic heterocycles. The minimum Gasteiger partial charge on any atom is -0.495 e. The summed E-state index contributed by atoms with van der Waals surface area (Å²) in [6.45, 7) is 0. The molecule has 0 atom stereocenters. The van der Waals surface area contributed by atoms with Crippen LogP contribution >= 0.6 is 23.2 Å². The maximum Gasteiger partial charge on any atom is 0.203 e. The van der Waals surface area contributed by atoms with Gasteiger partial charge in [0.05, 0.1) is 33.5 Å². The summed E-state index contributed by atoms with van der Waals surface area (Å²) in [6, 6.07) is 14.3. The van der Waals surface area contributed by atoms with Gasteiger partial charge in [-0.1, -0.05) is 53.6 Å². The van der Waals surface area contributed by atoms with Gasteiger partial charge >= 0.3 is 0 Å². The molecular formula is C28H26Cl2O5. The highest BCUT2D eigenvalue weighted by atomic mass is 35.5. The Hall–Kier alpha value is -3.41. The summed E-state index contributed by atoms with van der Waals surface area (Å²) < 4.78 is 21.7. The highest BCUT2D eigenvalue weighted by Crippen LogP contribution is 2.39. The summed E-state index contributed by atoms with van der Waals surface area (Å²) in [7, 11) is 6.27. The fourth-order valence-corrected chi connectivity index (χ4v) is 3.95. The van der Waals surface area contributed by atoms with E-state index >= 15 is 0 Å². The van der Waals surface area contributed by atoms with Gasteiger partial charge in [0.15, 0.2) is 17.3 Å². The third-order valence-corrected chi connectivity index (χ3v) is 5.80. The number of carbonyl (C=O) groups excluding carboxylic acids is 1. The zero-order valence-corrected chi connectivity index (χ0v) is 21.4. The van der Waals surface area contributed by atoms with E-state index in [0.29, 0.717) is 45.0 Å². The van der Waals surface area contributed by atoms with Crippen LogP contribution in [0.4, 0.5) is 0 Å². The number of ether oxygens (including phenoxy) is 4. The van der Waals surface area contributed by atoms with Crippen LogP contribution < -0.4 is 18.9 Å². The maximum absolute atomic E-state index is 12.5. The number of hydrogen-bond donors (Lipinski definition) is 0. The number of methoxy groups -OCH3 is 4. The van der Waals surface area contributed by atoms with Crippen molar-refractivity contribution >= 4 is 41.1 Å². The van der Waals surface area contributed by atoms with Gasteiger partial charge in [0, 0.05) is 10.6 Å². The van der Waals surface area contributed by atoms with Crippen LogP contribution in [0, 0.1) is 0 Å². The molecule has 0 spiro atoms. The van der Waals surface area contributed by atoms with Crippen molar-refractivity contribution in [2.45, 2.75) is 6.42 Å². The first-order valence-corrected chi connectivity index (χ1v) is 11.5. The van der Waals surface area contributed by atoms with Crippen LogP contribution in [0.1, 0.15) is 27.0 Å². The summed E-state index contributed by atoms with van der Waals surface area (Å²) in [5.74, 6) is 2.07. The van der Waals surface area contributed by atoms with Gasteiger partial charge < -0.3 is 18.9 Å². The molecule has 0 aliphatic carbocycles. The summed E-state index contributed by atoms with van der Waals surface area (Å²) in [5.41, 5.74) is 3.20. The van der Waals surface area contributed by atoms with Crippen LogP contribution in [0.15, 0.2) is 60.7 Å². The number of halogens is 2. The van der Waals surface area contributed by atoms with Gasteiger partial charge in [-0.15, -0.1) is 0 Å². The third kappa shape index (κ3) is 6.59. The lowest BCUT2D eigenvalue weighted by atomic mass is 10.0. The minimum atomic E-state index is -0.122. The molecule has 0 saturated heterocycles. The second-order valence-electron chi connectivity index (χ2n) is 7.46. The molecule has 0 heterocycles. The van der Waals surface area contributed by atoms with Crippen molar-refractivity contribution in [3.63, 3.8) is 0 Å². The lowest BCUT2D eigenvalue weighted by Gasteiger charge is -2.13. The molecule has 7 heteroatoms. The first kappa shape index (κ1) is 26.2. The van der Waals surface area contributed by atoms with Crippen molar-refractivity contribution in [1.82, 2.24) is 0 Å². The smallest absolute Gasteiger partial charge is 0.203 e. The lowest BCUT2D eigenvalue weighted by molar-refractivity contribution is 0.104. The molecule has 3 aromatic carbocycles. The van der Waals surface area contributed by atoms with Crippen LogP contribution in [-0.2, 0) is 6.42 Å². The van der Waals surface area contributed by atoms with E-state index in [-0.39, 0.29) is 5.78 Å². The van der Waals surface area contributed by atoms with Crippen molar-refractivity contribution in [2.75, 3.05) is 28.4 Å². The Kier molecular flexibility index (Phi) is 9.24. The molecule has 0 N–H and O–H groups in total. The Bertz CT molecular complexity index is 1240. The maximum atomic E-state index is 12.5. The van der Waals surface area contributed by atoms with Gasteiger partial charge in [-0.05, 0) is 65.6 Å². The average Bonchev–Trinajstić information content (AvgIpc) is 2.87. The fraction of sp³-hybridized carbons (Fsp3) is 0.179. The number of hydrogen-bond acceptors (Lipinski definition) is 5. The second kappa shape index (κ2) is 12.3. The molecule has 0 bridgehead atoms. The Morgan fingerprint density at radius 2 is 1.51 bits per heavy atom. The topological polar surface area (TPSA) is 54.0 Å². The Morgan fingerprint density at radius 1 is 0.829 bits per heavy atom. The van der Waals surface area contributed by atoms with E-state index in [1.165, 1.54) is 0 Å². The number of carbonyl (C=O) groups is 1. The molecule has 5 nitrogen and oxygen atoms in total. The predicted octanol–water partition coefficient (Wildman–Crippen LogP) is 7.18. The number of benzene rings is 3. The van der Waals surface area contributed by atoms with Gasteiger partial charge in [-0.25, -0.2) is 0 Å². The summed E-state index contributed by atoms with van der Waals surface area (Å²) in [4.78, 5) is 12.5. The number of allylic oxidation sites excluding steroid dienone is 2. The molecule has 0 aliphatic heterocycles. The van der Waals surface area contributed by atoms with Crippen molar-refractivity contribution in [3.05, 3.63) is 93.0 Å². The summed E-state index contributed by atoms with van der Waals surface area (Å²) >= 11 is 12.4. The molecule has 0 fully saturated rings. The van der Waals surface area contributed by atoms with Crippen LogP contribution in [0.25, 0.3) is 12.2 Å². The zero-order valence-electron chi connectivity index (χ0n) is 19.9. The van der Waals surface area contributed by atoms with E-state index in [0.717, 1.165) is 16.7 Å². The molecule has 0 radical (unpaired) electrons. The van der Waals surface area contributed by atoms with Gasteiger partial charge in [0.2, 0.25) is 5.75 Å². The quantitative estimate of drug-likeness (QED) is 0.163. The third-order valence-electron chi connectivity index (χ3n) is 5.27. The van der Waals surface area contributed by atoms with Crippen LogP contribution in [0.3, 0.4) is 0 Å². The van der Waals surface area contributed by atoms with Gasteiger partial charge in [0.1, 0.15) is 5.75 Å². The fourth-order valence-electron chi connectivity index (χ4n) is 3.51. The SMILES string of the molecule is COc1cc(C/C=C\C(=O)c2cccc(Cl)c2)c(/C=C\c2cc(OC)c(OC)c(OC)c2)cc1Cl. The van der Waals surface area contributed by atoms with Crippen molar-refractivity contribution < 1.29 is 23.7 Å². The molecule has 3 rings (SSSR count). The molecule has 0 amide bonds. The van der Waals surface area contributed by atoms with Crippen LogP contribution in [0.2, 0.25) is 10.0 Å². The highest BCUT2D eigenvalue weighted by molar-refractivity contribution is 6.32. The van der Waals surface area contributed by atoms with E-state index in [1.807, 2.05) is 42.5 Å². The number of ketones is 1. The van der Waals surface area contributed by atoms with E-state index in [4.69, 9.17) is 42.1 Å². The van der Waals surface area contributed by atoms with E-state index < -0.39 is 0 Å². The molecule has 182 valence electrons. The summed E-state index contributed by atoms with van der Waals surface area (Å²) in [6.07, 6.45) is 7.71. The Balaban J connectivity index is 1.91. The van der Waals surface area contributed by atoms with E-state index in [1.54, 1.807) is 58.8 Å². The van der Waals surface area contributed by atoms with Crippen molar-refractivity contribution in [3.8, 4) is 23.0 Å². The Labute approximate surface area is 215 Å². The molecular weight excluding hydrogens is 487 g/mol. The number of rotatable bonds is 10. The van der Waals surface area contributed by atoms with Crippen LogP contribution in [-0.4, -0.2) is 34.2 Å². The average molecular weight is 513 g/mol. The van der Waals surface area contributed by atoms with Gasteiger partial charge in [-0.3, -0.25) is 4.79 Å². The Morgan fingerprint density at radius 3 is 2.11 bits per heavy atom. The normalized spacial score (nSPS) is 11.1. The molecule has 35 heavy (non-hydrogen) atoms. The monoisotopic (exact) mass is 512 g/mol. The zero-order chi connectivity index (χ0) is 25.4. The second-order valence-corrected chi connectivity index (χ2v) is 8.30. The molecule has 0 unspecified atom stereocenters. The van der Waals surface area contributed by atoms with Gasteiger partial charge in [0.25, 0.3) is 0 Å². The van der Waals surface area contributed by atoms with Crippen molar-refractivity contribution in [2.24, 2.45) is 0 Å². The lowest BCUT2D eigenvalue weighted by Crippen LogP contribution is -1.96. The first-order valence-electron chi connectivity index (χ1n) is 10.7. The predicted molar refractivity (Wildman–Crippen MR) is 142 cm³/mol.